The van der Waals surface area contributed by atoms with E-state index in [-0.39, 0.29) is 5.41 Å². The van der Waals surface area contributed by atoms with Crippen LogP contribution in [-0.4, -0.2) is 11.1 Å². The van der Waals surface area contributed by atoms with Crippen molar-refractivity contribution >= 4 is 5.97 Å². The molecule has 0 heterocycles. The van der Waals surface area contributed by atoms with Crippen LogP contribution in [-0.2, 0) is 4.79 Å². The molecule has 2 heteroatoms. The van der Waals surface area contributed by atoms with Gasteiger partial charge < -0.3 is 5.11 Å². The van der Waals surface area contributed by atoms with Gasteiger partial charge >= 0.3 is 5.97 Å². The lowest BCUT2D eigenvalue weighted by molar-refractivity contribution is -0.148. The van der Waals surface area contributed by atoms with Gasteiger partial charge in [0.2, 0.25) is 0 Å². The summed E-state index contributed by atoms with van der Waals surface area (Å²) in [6.45, 7) is 4.51. The van der Waals surface area contributed by atoms with Gasteiger partial charge in [-0.2, -0.15) is 0 Å². The van der Waals surface area contributed by atoms with Gasteiger partial charge in [0.05, 0.1) is 5.41 Å². The smallest absolute Gasteiger partial charge is 0.309 e. The molecule has 2 bridgehead atoms. The Kier molecular flexibility index (Phi) is 2.56. The van der Waals surface area contributed by atoms with E-state index in [0.29, 0.717) is 5.41 Å². The molecule has 0 spiro atoms. The molecule has 2 aliphatic carbocycles. The molecule has 15 heavy (non-hydrogen) atoms. The normalized spacial score (nSPS) is 38.9. The van der Waals surface area contributed by atoms with Gasteiger partial charge in [-0.3, -0.25) is 4.79 Å². The van der Waals surface area contributed by atoms with E-state index in [1.54, 1.807) is 0 Å². The Morgan fingerprint density at radius 1 is 1.27 bits per heavy atom. The van der Waals surface area contributed by atoms with Crippen LogP contribution in [0.2, 0.25) is 0 Å². The maximum Gasteiger partial charge on any atom is 0.309 e. The molecular formula is C13H22O2. The molecule has 1 N–H and O–H groups in total. The second kappa shape index (κ2) is 3.50. The summed E-state index contributed by atoms with van der Waals surface area (Å²) in [6.07, 6.45) is 7.65. The molecule has 0 saturated heterocycles. The standard InChI is InChI=1S/C13H22O2/c1-10(2)3-4-12-5-7-13(9-12,8-6-12)11(14)15/h10H,3-9H2,1-2H3,(H,14,15). The minimum Gasteiger partial charge on any atom is -0.481 e. The van der Waals surface area contributed by atoms with Crippen LogP contribution in [0.4, 0.5) is 0 Å². The van der Waals surface area contributed by atoms with Gasteiger partial charge in [0.25, 0.3) is 0 Å². The molecule has 2 fully saturated rings. The van der Waals surface area contributed by atoms with Gasteiger partial charge in [-0.15, -0.1) is 0 Å². The lowest BCUT2D eigenvalue weighted by Gasteiger charge is -2.27. The van der Waals surface area contributed by atoms with E-state index >= 15 is 0 Å². The topological polar surface area (TPSA) is 37.3 Å². The molecule has 0 amide bonds. The first-order valence-electron chi connectivity index (χ1n) is 6.22. The third-order valence-electron chi connectivity index (χ3n) is 4.69. The summed E-state index contributed by atoms with van der Waals surface area (Å²) in [6, 6.07) is 0. The zero-order valence-electron chi connectivity index (χ0n) is 9.88. The molecule has 2 aliphatic rings. The third kappa shape index (κ3) is 1.79. The number of aliphatic carboxylic acids is 1. The fraction of sp³-hybridized carbons (Fsp3) is 0.923. The lowest BCUT2D eigenvalue weighted by Crippen LogP contribution is -2.25. The monoisotopic (exact) mass is 210 g/mol. The van der Waals surface area contributed by atoms with Gasteiger partial charge in [0.1, 0.15) is 0 Å². The van der Waals surface area contributed by atoms with Crippen molar-refractivity contribution in [2.75, 3.05) is 0 Å². The van der Waals surface area contributed by atoms with E-state index in [1.807, 2.05) is 0 Å². The summed E-state index contributed by atoms with van der Waals surface area (Å²) in [4.78, 5) is 11.3. The van der Waals surface area contributed by atoms with Crippen molar-refractivity contribution in [3.05, 3.63) is 0 Å². The average molecular weight is 210 g/mol. The zero-order valence-corrected chi connectivity index (χ0v) is 9.88. The molecule has 2 saturated carbocycles. The first kappa shape index (κ1) is 11.0. The summed E-state index contributed by atoms with van der Waals surface area (Å²) in [5.74, 6) is 0.214. The molecular weight excluding hydrogens is 188 g/mol. The number of hydrogen-bond donors (Lipinski definition) is 1. The summed E-state index contributed by atoms with van der Waals surface area (Å²) in [5.41, 5.74) is 0.0830. The van der Waals surface area contributed by atoms with E-state index in [1.165, 1.54) is 12.8 Å². The van der Waals surface area contributed by atoms with E-state index in [4.69, 9.17) is 0 Å². The van der Waals surface area contributed by atoms with Gasteiger partial charge in [0, 0.05) is 0 Å². The van der Waals surface area contributed by atoms with Crippen LogP contribution in [0.5, 0.6) is 0 Å². The quantitative estimate of drug-likeness (QED) is 0.771. The largest absolute Gasteiger partial charge is 0.481 e. The summed E-state index contributed by atoms with van der Waals surface area (Å²) in [7, 11) is 0. The van der Waals surface area contributed by atoms with Crippen molar-refractivity contribution in [1.29, 1.82) is 0 Å². The maximum absolute atomic E-state index is 11.3. The molecule has 0 aromatic carbocycles. The molecule has 2 nitrogen and oxygen atoms in total. The predicted molar refractivity (Wildman–Crippen MR) is 59.7 cm³/mol. The molecule has 86 valence electrons. The second-order valence-corrected chi connectivity index (χ2v) is 6.19. The summed E-state index contributed by atoms with van der Waals surface area (Å²) < 4.78 is 0. The number of carboxylic acid groups (broad SMARTS) is 1. The molecule has 0 atom stereocenters. The molecule has 0 aliphatic heterocycles. The Balaban J connectivity index is 2.01. The third-order valence-corrected chi connectivity index (χ3v) is 4.69. The summed E-state index contributed by atoms with van der Waals surface area (Å²) in [5, 5.41) is 9.28. The Morgan fingerprint density at radius 3 is 2.27 bits per heavy atom. The van der Waals surface area contributed by atoms with E-state index < -0.39 is 5.97 Å². The van der Waals surface area contributed by atoms with Crippen molar-refractivity contribution in [3.63, 3.8) is 0 Å². The number of carbonyl (C=O) groups is 1. The van der Waals surface area contributed by atoms with Crippen LogP contribution in [0.1, 0.15) is 58.8 Å². The van der Waals surface area contributed by atoms with Crippen LogP contribution >= 0.6 is 0 Å². The molecule has 0 aromatic rings. The highest BCUT2D eigenvalue weighted by atomic mass is 16.4. The Bertz CT molecular complexity index is 260. The SMILES string of the molecule is CC(C)CCC12CCC(C(=O)O)(CC1)C2. The van der Waals surface area contributed by atoms with Gasteiger partial charge in [0.15, 0.2) is 0 Å². The first-order chi connectivity index (χ1) is 6.98. The zero-order chi connectivity index (χ0) is 11.1. The van der Waals surface area contributed by atoms with Crippen molar-refractivity contribution in [2.24, 2.45) is 16.7 Å². The van der Waals surface area contributed by atoms with Crippen molar-refractivity contribution in [3.8, 4) is 0 Å². The first-order valence-corrected chi connectivity index (χ1v) is 6.22. The number of carboxylic acids is 1. The van der Waals surface area contributed by atoms with Crippen LogP contribution in [0, 0.1) is 16.7 Å². The highest BCUT2D eigenvalue weighted by Crippen LogP contribution is 2.63. The number of rotatable bonds is 4. The Hall–Kier alpha value is -0.530. The molecule has 2 rings (SSSR count). The maximum atomic E-state index is 11.3. The van der Waals surface area contributed by atoms with E-state index in [0.717, 1.165) is 38.0 Å². The van der Waals surface area contributed by atoms with Crippen molar-refractivity contribution in [2.45, 2.75) is 58.8 Å². The predicted octanol–water partition coefficient (Wildman–Crippen LogP) is 3.46. The van der Waals surface area contributed by atoms with Crippen LogP contribution in [0.3, 0.4) is 0 Å². The number of hydrogen-bond acceptors (Lipinski definition) is 1. The fourth-order valence-corrected chi connectivity index (χ4v) is 3.55. The average Bonchev–Trinajstić information content (AvgIpc) is 2.72. The van der Waals surface area contributed by atoms with Crippen molar-refractivity contribution < 1.29 is 9.90 Å². The second-order valence-electron chi connectivity index (χ2n) is 6.19. The van der Waals surface area contributed by atoms with Crippen LogP contribution in [0.25, 0.3) is 0 Å². The van der Waals surface area contributed by atoms with E-state index in [9.17, 15) is 9.90 Å². The lowest BCUT2D eigenvalue weighted by atomic mass is 9.78. The Labute approximate surface area is 92.1 Å². The van der Waals surface area contributed by atoms with Crippen LogP contribution in [0.15, 0.2) is 0 Å². The summed E-state index contributed by atoms with van der Waals surface area (Å²) >= 11 is 0. The van der Waals surface area contributed by atoms with Crippen LogP contribution < -0.4 is 0 Å². The van der Waals surface area contributed by atoms with Gasteiger partial charge in [-0.05, 0) is 49.9 Å². The van der Waals surface area contributed by atoms with Crippen molar-refractivity contribution in [1.82, 2.24) is 0 Å². The fourth-order valence-electron chi connectivity index (χ4n) is 3.55. The molecule has 0 aromatic heterocycles. The highest BCUT2D eigenvalue weighted by molar-refractivity contribution is 5.75. The number of fused-ring (bicyclic) bond motifs is 2. The highest BCUT2D eigenvalue weighted by Gasteiger charge is 2.57. The van der Waals surface area contributed by atoms with E-state index in [2.05, 4.69) is 13.8 Å². The van der Waals surface area contributed by atoms with Gasteiger partial charge in [-0.25, -0.2) is 0 Å². The minimum atomic E-state index is -0.536. The van der Waals surface area contributed by atoms with Gasteiger partial charge in [-0.1, -0.05) is 20.3 Å². The minimum absolute atomic E-state index is 0.322. The molecule has 0 radical (unpaired) electrons. The Morgan fingerprint density at radius 2 is 1.87 bits per heavy atom. The molecule has 0 unspecified atom stereocenters.